The summed E-state index contributed by atoms with van der Waals surface area (Å²) in [6, 6.07) is 14.4. The number of furan rings is 1. The topological polar surface area (TPSA) is 109 Å². The number of fused-ring (bicyclic) bond motifs is 1. The third kappa shape index (κ3) is 4.87. The van der Waals surface area contributed by atoms with Gasteiger partial charge in [-0.25, -0.2) is 14.6 Å². The minimum Gasteiger partial charge on any atom is -0.496 e. The van der Waals surface area contributed by atoms with Gasteiger partial charge in [-0.15, -0.1) is 0 Å². The summed E-state index contributed by atoms with van der Waals surface area (Å²) >= 11 is 7.48. The van der Waals surface area contributed by atoms with Crippen LogP contribution < -0.4 is 19.6 Å². The lowest BCUT2D eigenvalue weighted by molar-refractivity contribution is -0.136. The molecular formula is C29H23ClN2O7S. The van der Waals surface area contributed by atoms with Crippen LogP contribution in [-0.4, -0.2) is 37.8 Å². The van der Waals surface area contributed by atoms with E-state index in [4.69, 9.17) is 30.2 Å². The largest absolute Gasteiger partial charge is 0.496 e. The van der Waals surface area contributed by atoms with Crippen molar-refractivity contribution >= 4 is 41.0 Å². The predicted octanol–water partition coefficient (Wildman–Crippen LogP) is 4.12. The van der Waals surface area contributed by atoms with Crippen LogP contribution in [0.3, 0.4) is 0 Å². The number of benzene rings is 2. The van der Waals surface area contributed by atoms with Crippen molar-refractivity contribution in [3.63, 3.8) is 0 Å². The first-order valence-corrected chi connectivity index (χ1v) is 13.2. The van der Waals surface area contributed by atoms with Crippen LogP contribution in [0.2, 0.25) is 5.02 Å². The highest BCUT2D eigenvalue weighted by Gasteiger charge is 2.35. The zero-order chi connectivity index (χ0) is 28.6. The Morgan fingerprint density at radius 1 is 1.02 bits per heavy atom. The molecule has 2 aromatic heterocycles. The van der Waals surface area contributed by atoms with E-state index in [2.05, 4.69) is 4.99 Å². The Morgan fingerprint density at radius 3 is 2.42 bits per heavy atom. The number of aromatic nitrogens is 1. The van der Waals surface area contributed by atoms with Gasteiger partial charge in [-0.1, -0.05) is 35.1 Å². The van der Waals surface area contributed by atoms with Crippen LogP contribution in [0.15, 0.2) is 80.1 Å². The molecule has 9 nitrogen and oxygen atoms in total. The van der Waals surface area contributed by atoms with Gasteiger partial charge in [0.15, 0.2) is 4.80 Å². The van der Waals surface area contributed by atoms with Crippen LogP contribution in [0.4, 0.5) is 0 Å². The number of nitrogens with zero attached hydrogens (tertiary/aromatic N) is 2. The van der Waals surface area contributed by atoms with Gasteiger partial charge in [0.05, 0.1) is 42.7 Å². The SMILES string of the molecule is COC(=O)C1=C(C)N=c2s/c(=C\c3ccc(-c4ccc(C(=O)OC)cc4)o3)c(=O)n2[C@H]1c1cc(Cl)ccc1OC. The zero-order valence-electron chi connectivity index (χ0n) is 21.9. The third-order valence-corrected chi connectivity index (χ3v) is 7.62. The number of hydrogen-bond donors (Lipinski definition) is 0. The molecule has 2 aromatic carbocycles. The molecule has 1 aliphatic rings. The van der Waals surface area contributed by atoms with E-state index in [1.807, 2.05) is 0 Å². The van der Waals surface area contributed by atoms with Gasteiger partial charge in [0.1, 0.15) is 23.3 Å². The molecule has 4 aromatic rings. The Bertz CT molecular complexity index is 1850. The van der Waals surface area contributed by atoms with Gasteiger partial charge in [-0.05, 0) is 49.4 Å². The molecule has 204 valence electrons. The summed E-state index contributed by atoms with van der Waals surface area (Å²) in [4.78, 5) is 43.4. The number of hydrogen-bond acceptors (Lipinski definition) is 9. The van der Waals surface area contributed by atoms with Gasteiger partial charge < -0.3 is 18.6 Å². The predicted molar refractivity (Wildman–Crippen MR) is 149 cm³/mol. The van der Waals surface area contributed by atoms with Gasteiger partial charge in [0.2, 0.25) is 0 Å². The fourth-order valence-corrected chi connectivity index (χ4v) is 5.72. The zero-order valence-corrected chi connectivity index (χ0v) is 23.5. The molecule has 0 spiro atoms. The van der Waals surface area contributed by atoms with E-state index in [1.165, 1.54) is 37.2 Å². The van der Waals surface area contributed by atoms with Crippen LogP contribution >= 0.6 is 22.9 Å². The maximum absolute atomic E-state index is 13.8. The lowest BCUT2D eigenvalue weighted by atomic mass is 9.95. The van der Waals surface area contributed by atoms with Crippen molar-refractivity contribution in [3.05, 3.63) is 107 Å². The van der Waals surface area contributed by atoms with Gasteiger partial charge in [0, 0.05) is 22.2 Å². The fourth-order valence-electron chi connectivity index (χ4n) is 4.51. The summed E-state index contributed by atoms with van der Waals surface area (Å²) in [7, 11) is 4.10. The number of esters is 2. The average molecular weight is 579 g/mol. The minimum atomic E-state index is -0.875. The molecule has 0 amide bonds. The van der Waals surface area contributed by atoms with E-state index in [0.29, 0.717) is 48.5 Å². The minimum absolute atomic E-state index is 0.206. The molecule has 11 heteroatoms. The number of ether oxygens (including phenoxy) is 3. The van der Waals surface area contributed by atoms with Crippen LogP contribution in [0, 0.1) is 0 Å². The summed E-state index contributed by atoms with van der Waals surface area (Å²) in [6.07, 6.45) is 1.62. The Hall–Kier alpha value is -4.41. The van der Waals surface area contributed by atoms with Crippen molar-refractivity contribution < 1.29 is 28.2 Å². The van der Waals surface area contributed by atoms with Crippen molar-refractivity contribution in [1.82, 2.24) is 4.57 Å². The quantitative estimate of drug-likeness (QED) is 0.317. The summed E-state index contributed by atoms with van der Waals surface area (Å²) < 4.78 is 23.1. The molecule has 0 fully saturated rings. The number of carbonyl (C=O) groups excluding carboxylic acids is 2. The maximum atomic E-state index is 13.8. The first-order valence-electron chi connectivity index (χ1n) is 12.0. The Balaban J connectivity index is 1.61. The molecule has 3 heterocycles. The van der Waals surface area contributed by atoms with E-state index < -0.39 is 18.0 Å². The fraction of sp³-hybridized carbons (Fsp3) is 0.172. The summed E-state index contributed by atoms with van der Waals surface area (Å²) in [5, 5.41) is 0.416. The Kier molecular flexibility index (Phi) is 7.46. The Labute approximate surface area is 237 Å². The van der Waals surface area contributed by atoms with Crippen molar-refractivity contribution in [1.29, 1.82) is 0 Å². The highest BCUT2D eigenvalue weighted by molar-refractivity contribution is 7.07. The van der Waals surface area contributed by atoms with Crippen molar-refractivity contribution in [2.75, 3.05) is 21.3 Å². The first kappa shape index (κ1) is 27.2. The van der Waals surface area contributed by atoms with Crippen molar-refractivity contribution in [2.24, 2.45) is 4.99 Å². The normalized spacial score (nSPS) is 14.9. The van der Waals surface area contributed by atoms with Crippen LogP contribution in [0.5, 0.6) is 5.75 Å². The summed E-state index contributed by atoms with van der Waals surface area (Å²) in [5.74, 6) is 0.408. The lowest BCUT2D eigenvalue weighted by Gasteiger charge is -2.25. The van der Waals surface area contributed by atoms with E-state index in [0.717, 1.165) is 5.56 Å². The molecule has 0 radical (unpaired) electrons. The number of thiazole rings is 1. The molecule has 5 rings (SSSR count). The van der Waals surface area contributed by atoms with Crippen LogP contribution in [0.25, 0.3) is 17.4 Å². The van der Waals surface area contributed by atoms with E-state index >= 15 is 0 Å². The number of allylic oxidation sites excluding steroid dienone is 1. The monoisotopic (exact) mass is 578 g/mol. The van der Waals surface area contributed by atoms with E-state index in [1.54, 1.807) is 67.6 Å². The first-order chi connectivity index (χ1) is 19.2. The van der Waals surface area contributed by atoms with E-state index in [9.17, 15) is 14.4 Å². The maximum Gasteiger partial charge on any atom is 0.338 e. The molecule has 0 aliphatic carbocycles. The van der Waals surface area contributed by atoms with Crippen LogP contribution in [0.1, 0.15) is 34.6 Å². The van der Waals surface area contributed by atoms with Gasteiger partial charge in [0.25, 0.3) is 5.56 Å². The standard InChI is InChI=1S/C29H23ClN2O7S/c1-15-24(28(35)38-4)25(20-13-18(30)9-11-22(20)36-2)32-26(33)23(40-29(32)31-15)14-19-10-12-21(39-19)16-5-7-17(8-6-16)27(34)37-3/h5-14,25H,1-4H3/b23-14-/t25-/m0/s1. The summed E-state index contributed by atoms with van der Waals surface area (Å²) in [5.41, 5.74) is 1.95. The summed E-state index contributed by atoms with van der Waals surface area (Å²) in [6.45, 7) is 1.69. The third-order valence-electron chi connectivity index (χ3n) is 6.40. The number of halogens is 1. The van der Waals surface area contributed by atoms with E-state index in [-0.39, 0.29) is 11.1 Å². The van der Waals surface area contributed by atoms with Gasteiger partial charge in [-0.3, -0.25) is 9.36 Å². The molecule has 0 saturated heterocycles. The molecule has 1 aliphatic heterocycles. The van der Waals surface area contributed by atoms with Gasteiger partial charge in [-0.2, -0.15) is 0 Å². The second kappa shape index (κ2) is 11.0. The smallest absolute Gasteiger partial charge is 0.338 e. The number of rotatable bonds is 6. The van der Waals surface area contributed by atoms with Crippen molar-refractivity contribution in [3.8, 4) is 17.1 Å². The highest BCUT2D eigenvalue weighted by atomic mass is 35.5. The lowest BCUT2D eigenvalue weighted by Crippen LogP contribution is -2.40. The number of carbonyl (C=O) groups is 2. The molecular weight excluding hydrogens is 556 g/mol. The molecule has 0 unspecified atom stereocenters. The second-order valence-corrected chi connectivity index (χ2v) is 10.2. The average Bonchev–Trinajstić information content (AvgIpc) is 3.55. The second-order valence-electron chi connectivity index (χ2n) is 8.73. The molecule has 0 saturated carbocycles. The van der Waals surface area contributed by atoms with Crippen LogP contribution in [-0.2, 0) is 14.3 Å². The molecule has 0 bridgehead atoms. The van der Waals surface area contributed by atoms with Crippen molar-refractivity contribution in [2.45, 2.75) is 13.0 Å². The van der Waals surface area contributed by atoms with Gasteiger partial charge >= 0.3 is 11.9 Å². The highest BCUT2D eigenvalue weighted by Crippen LogP contribution is 2.37. The molecule has 40 heavy (non-hydrogen) atoms. The number of methoxy groups -OCH3 is 3. The Morgan fingerprint density at radius 2 is 1.75 bits per heavy atom. The molecule has 1 atom stereocenters. The molecule has 0 N–H and O–H groups in total.